The first-order chi connectivity index (χ1) is 14.7. The van der Waals surface area contributed by atoms with Crippen molar-refractivity contribution >= 4 is 18.6 Å². The first kappa shape index (κ1) is 20.6. The number of carboxylic acid groups (broad SMARTS) is 1. The van der Waals surface area contributed by atoms with Crippen LogP contribution in [0.1, 0.15) is 34.7 Å². The van der Waals surface area contributed by atoms with Crippen LogP contribution in [0.15, 0.2) is 12.1 Å². The van der Waals surface area contributed by atoms with E-state index in [9.17, 15) is 24.7 Å². The van der Waals surface area contributed by atoms with E-state index in [0.717, 1.165) is 13.1 Å². The van der Waals surface area contributed by atoms with E-state index < -0.39 is 12.7 Å². The topological polar surface area (TPSA) is 129 Å². The standard InChI is InChI=1S/C20H26BN2O8/c1-22-4-5-29-11(8-22)6-17(24)23-9-12(10-23)30-16-3-2-13-14-7-15(14)21(27,28)31-19(13)18(16)20(25)26/h2-3,11-12,14-15,27-28H,4-10H2,1H3,(H,25,26)/q-1/t11-,14+,15+/m1/s1. The van der Waals surface area contributed by atoms with E-state index >= 15 is 0 Å². The fourth-order valence-electron chi connectivity index (χ4n) is 4.82. The lowest BCUT2D eigenvalue weighted by molar-refractivity contribution is -0.144. The molecule has 1 amide bonds. The van der Waals surface area contributed by atoms with Crippen LogP contribution in [0.4, 0.5) is 0 Å². The van der Waals surface area contributed by atoms with Crippen LogP contribution in [0.25, 0.3) is 0 Å². The monoisotopic (exact) mass is 433 g/mol. The Morgan fingerprint density at radius 2 is 2.03 bits per heavy atom. The Morgan fingerprint density at radius 1 is 1.26 bits per heavy atom. The zero-order valence-corrected chi connectivity index (χ0v) is 17.3. The van der Waals surface area contributed by atoms with Crippen molar-refractivity contribution in [3.05, 3.63) is 23.3 Å². The molecule has 0 unspecified atom stereocenters. The highest BCUT2D eigenvalue weighted by molar-refractivity contribution is 6.62. The Morgan fingerprint density at radius 3 is 2.74 bits per heavy atom. The number of morpholine rings is 1. The third-order valence-electron chi connectivity index (χ3n) is 6.69. The molecule has 3 fully saturated rings. The molecule has 0 bridgehead atoms. The van der Waals surface area contributed by atoms with E-state index in [-0.39, 0.29) is 46.9 Å². The molecule has 3 N–H and O–H groups in total. The SMILES string of the molecule is CN1CCO[C@H](CC(=O)N2CC(Oc3ccc4c(c3C(=O)O)O[B-](O)(O)[C@H]3C[C@@H]43)C2)C1. The summed E-state index contributed by atoms with van der Waals surface area (Å²) < 4.78 is 16.8. The van der Waals surface area contributed by atoms with Crippen LogP contribution in [-0.2, 0) is 9.53 Å². The second-order valence-electron chi connectivity index (χ2n) is 9.04. The Balaban J connectivity index is 1.24. The normalized spacial score (nSPS) is 29.3. The fourth-order valence-corrected chi connectivity index (χ4v) is 4.82. The molecule has 1 saturated carbocycles. The summed E-state index contributed by atoms with van der Waals surface area (Å²) in [6.45, 7) is -0.175. The minimum absolute atomic E-state index is 0.0137. The Labute approximate surface area is 179 Å². The minimum Gasteiger partial charge on any atom is -0.669 e. The molecule has 2 saturated heterocycles. The Kier molecular flexibility index (Phi) is 4.89. The zero-order chi connectivity index (χ0) is 21.9. The molecular formula is C20H26BN2O8-. The van der Waals surface area contributed by atoms with E-state index in [0.29, 0.717) is 38.1 Å². The van der Waals surface area contributed by atoms with Crippen LogP contribution in [0.2, 0.25) is 5.82 Å². The lowest BCUT2D eigenvalue weighted by Crippen LogP contribution is -2.57. The van der Waals surface area contributed by atoms with Crippen LogP contribution in [-0.4, -0.2) is 95.6 Å². The smallest absolute Gasteiger partial charge is 0.434 e. The van der Waals surface area contributed by atoms with Crippen molar-refractivity contribution in [3.63, 3.8) is 0 Å². The number of nitrogens with zero attached hydrogens (tertiary/aromatic N) is 2. The van der Waals surface area contributed by atoms with Gasteiger partial charge in [-0.2, -0.15) is 0 Å². The number of hydrogen-bond donors (Lipinski definition) is 3. The Hall–Kier alpha value is -2.34. The number of carbonyl (C=O) groups is 2. The van der Waals surface area contributed by atoms with Crippen molar-refractivity contribution in [1.82, 2.24) is 9.80 Å². The number of carboxylic acids is 1. The van der Waals surface area contributed by atoms with Gasteiger partial charge in [0.05, 0.1) is 38.0 Å². The van der Waals surface area contributed by atoms with Crippen LogP contribution in [0.5, 0.6) is 11.5 Å². The maximum atomic E-state index is 12.5. The first-order valence-electron chi connectivity index (χ1n) is 10.7. The van der Waals surface area contributed by atoms with E-state index in [4.69, 9.17) is 14.1 Å². The van der Waals surface area contributed by atoms with Gasteiger partial charge in [0.2, 0.25) is 5.91 Å². The van der Waals surface area contributed by atoms with Crippen molar-refractivity contribution in [1.29, 1.82) is 0 Å². The lowest BCUT2D eigenvalue weighted by atomic mass is 9.68. The number of likely N-dealkylation sites (N-methyl/N-ethyl adjacent to an activating group) is 1. The molecular weight excluding hydrogens is 407 g/mol. The van der Waals surface area contributed by atoms with Crippen molar-refractivity contribution in [3.8, 4) is 11.5 Å². The molecule has 1 aliphatic carbocycles. The van der Waals surface area contributed by atoms with Gasteiger partial charge in [0, 0.05) is 13.1 Å². The number of benzene rings is 1. The summed E-state index contributed by atoms with van der Waals surface area (Å²) in [5.74, 6) is -1.70. The molecule has 0 spiro atoms. The van der Waals surface area contributed by atoms with Gasteiger partial charge in [0.1, 0.15) is 17.4 Å². The fraction of sp³-hybridized carbons (Fsp3) is 0.600. The number of rotatable bonds is 5. The van der Waals surface area contributed by atoms with Crippen LogP contribution < -0.4 is 9.39 Å². The molecule has 3 atom stereocenters. The second kappa shape index (κ2) is 7.37. The minimum atomic E-state index is -3.08. The van der Waals surface area contributed by atoms with Gasteiger partial charge in [-0.25, -0.2) is 4.79 Å². The van der Waals surface area contributed by atoms with Gasteiger partial charge in [-0.15, -0.1) is 0 Å². The molecule has 1 aromatic carbocycles. The summed E-state index contributed by atoms with van der Waals surface area (Å²) in [5.41, 5.74) is 0.457. The largest absolute Gasteiger partial charge is 0.669 e. The van der Waals surface area contributed by atoms with E-state index in [1.165, 1.54) is 0 Å². The molecule has 168 valence electrons. The number of amides is 1. The molecule has 1 aromatic rings. The number of likely N-dealkylation sites (tertiary alicyclic amines) is 1. The molecule has 4 aliphatic rings. The highest BCUT2D eigenvalue weighted by Gasteiger charge is 2.55. The highest BCUT2D eigenvalue weighted by Crippen LogP contribution is 2.63. The summed E-state index contributed by atoms with van der Waals surface area (Å²) in [4.78, 5) is 28.2. The van der Waals surface area contributed by atoms with Gasteiger partial charge >= 0.3 is 12.7 Å². The summed E-state index contributed by atoms with van der Waals surface area (Å²) in [6.07, 6.45) is 0.405. The zero-order valence-electron chi connectivity index (χ0n) is 17.3. The third-order valence-corrected chi connectivity index (χ3v) is 6.69. The molecule has 0 radical (unpaired) electrons. The highest BCUT2D eigenvalue weighted by atomic mass is 16.6. The van der Waals surface area contributed by atoms with Crippen LogP contribution >= 0.6 is 0 Å². The van der Waals surface area contributed by atoms with Crippen LogP contribution in [0.3, 0.4) is 0 Å². The average Bonchev–Trinajstić information content (AvgIpc) is 3.45. The van der Waals surface area contributed by atoms with Gasteiger partial charge in [0.25, 0.3) is 0 Å². The summed E-state index contributed by atoms with van der Waals surface area (Å²) in [7, 11) is 2.00. The molecule has 3 aliphatic heterocycles. The predicted octanol–water partition coefficient (Wildman–Crippen LogP) is -0.132. The molecule has 0 aromatic heterocycles. The maximum Gasteiger partial charge on any atom is 0.434 e. The average molecular weight is 433 g/mol. The number of carbonyl (C=O) groups excluding carboxylic acids is 1. The van der Waals surface area contributed by atoms with Crippen LogP contribution in [0, 0.1) is 0 Å². The number of aromatic carboxylic acids is 1. The molecule has 10 nitrogen and oxygen atoms in total. The number of ether oxygens (including phenoxy) is 2. The molecule has 3 heterocycles. The Bertz CT molecular complexity index is 919. The van der Waals surface area contributed by atoms with Gasteiger partial charge in [-0.3, -0.25) is 4.79 Å². The van der Waals surface area contributed by atoms with Crippen molar-refractivity contribution in [2.24, 2.45) is 0 Å². The third kappa shape index (κ3) is 3.75. The number of hydrogen-bond acceptors (Lipinski definition) is 8. The van der Waals surface area contributed by atoms with E-state index in [2.05, 4.69) is 4.90 Å². The quantitative estimate of drug-likeness (QED) is 0.544. The van der Waals surface area contributed by atoms with E-state index in [1.54, 1.807) is 17.0 Å². The van der Waals surface area contributed by atoms with Gasteiger partial charge in [-0.1, -0.05) is 18.3 Å². The second-order valence-corrected chi connectivity index (χ2v) is 9.04. The first-order valence-corrected chi connectivity index (χ1v) is 10.7. The number of fused-ring (bicyclic) bond motifs is 3. The maximum absolute atomic E-state index is 12.5. The van der Waals surface area contributed by atoms with Gasteiger partial charge < -0.3 is 39.1 Å². The van der Waals surface area contributed by atoms with E-state index in [1.807, 2.05) is 7.05 Å². The predicted molar refractivity (Wildman–Crippen MR) is 108 cm³/mol. The van der Waals surface area contributed by atoms with Crippen molar-refractivity contribution in [2.75, 3.05) is 39.8 Å². The molecule has 11 heteroatoms. The lowest BCUT2D eigenvalue weighted by Gasteiger charge is -2.41. The molecule has 5 rings (SSSR count). The van der Waals surface area contributed by atoms with Gasteiger partial charge in [0.15, 0.2) is 0 Å². The summed E-state index contributed by atoms with van der Waals surface area (Å²) >= 11 is 0. The van der Waals surface area contributed by atoms with Crippen molar-refractivity contribution < 1.29 is 38.9 Å². The molecule has 31 heavy (non-hydrogen) atoms. The summed E-state index contributed by atoms with van der Waals surface area (Å²) in [6, 6.07) is 3.32. The summed E-state index contributed by atoms with van der Waals surface area (Å²) in [5, 5.41) is 30.0. The van der Waals surface area contributed by atoms with Gasteiger partial charge in [-0.05, 0) is 24.6 Å². The van der Waals surface area contributed by atoms with Crippen molar-refractivity contribution in [2.45, 2.75) is 36.8 Å².